The van der Waals surface area contributed by atoms with Crippen LogP contribution in [0.3, 0.4) is 0 Å². The number of hydrogen-bond donors (Lipinski definition) is 1. The van der Waals surface area contributed by atoms with Crippen molar-refractivity contribution in [2.45, 2.75) is 38.3 Å². The molecule has 1 aliphatic heterocycles. The maximum Gasteiger partial charge on any atom is 0.289 e. The van der Waals surface area contributed by atoms with Crippen LogP contribution in [0.15, 0.2) is 16.5 Å². The van der Waals surface area contributed by atoms with Crippen molar-refractivity contribution < 1.29 is 19.1 Å². The van der Waals surface area contributed by atoms with Crippen LogP contribution in [0.5, 0.6) is 0 Å². The first kappa shape index (κ1) is 14.1. The van der Waals surface area contributed by atoms with Crippen LogP contribution < -0.4 is 0 Å². The predicted molar refractivity (Wildman–Crippen MR) is 69.8 cm³/mol. The minimum Gasteiger partial charge on any atom is -0.453 e. The number of carbonyl (C=O) groups is 1. The van der Waals surface area contributed by atoms with Crippen LogP contribution >= 0.6 is 0 Å². The van der Waals surface area contributed by atoms with Crippen LogP contribution in [0.4, 0.5) is 0 Å². The Hall–Kier alpha value is -1.33. The number of carbonyl (C=O) groups excluding carboxylic acids is 1. The van der Waals surface area contributed by atoms with Crippen LogP contribution in [0.25, 0.3) is 0 Å². The molecule has 0 aliphatic carbocycles. The molecule has 2 heterocycles. The Balaban J connectivity index is 2.00. The molecule has 0 bridgehead atoms. The normalized spacial score (nSPS) is 19.1. The Bertz CT molecular complexity index is 415. The molecule has 1 aliphatic rings. The summed E-state index contributed by atoms with van der Waals surface area (Å²) in [4.78, 5) is 14.2. The Morgan fingerprint density at radius 3 is 3.16 bits per heavy atom. The quantitative estimate of drug-likeness (QED) is 0.853. The van der Waals surface area contributed by atoms with E-state index in [1.54, 1.807) is 19.2 Å². The van der Waals surface area contributed by atoms with E-state index in [2.05, 4.69) is 0 Å². The lowest BCUT2D eigenvalue weighted by Gasteiger charge is -2.23. The van der Waals surface area contributed by atoms with E-state index < -0.39 is 0 Å². The number of ether oxygens (including phenoxy) is 1. The molecule has 0 saturated carbocycles. The highest BCUT2D eigenvalue weighted by molar-refractivity contribution is 5.92. The molecule has 19 heavy (non-hydrogen) atoms. The molecule has 1 unspecified atom stereocenters. The van der Waals surface area contributed by atoms with Gasteiger partial charge in [0.05, 0.1) is 0 Å². The summed E-state index contributed by atoms with van der Waals surface area (Å²) in [7, 11) is 1.59. The summed E-state index contributed by atoms with van der Waals surface area (Å²) in [5.41, 5.74) is 0. The first-order valence-corrected chi connectivity index (χ1v) is 6.75. The Morgan fingerprint density at radius 1 is 1.58 bits per heavy atom. The molecule has 0 aromatic carbocycles. The first-order valence-electron chi connectivity index (χ1n) is 6.75. The third kappa shape index (κ3) is 3.36. The highest BCUT2D eigenvalue weighted by Gasteiger charge is 2.30. The second-order valence-corrected chi connectivity index (χ2v) is 4.86. The Labute approximate surface area is 113 Å². The molecule has 1 aromatic rings. The number of nitrogens with zero attached hydrogens (tertiary/aromatic N) is 1. The smallest absolute Gasteiger partial charge is 0.289 e. The lowest BCUT2D eigenvalue weighted by atomic mass is 10.1. The van der Waals surface area contributed by atoms with Crippen LogP contribution in [0, 0.1) is 0 Å². The lowest BCUT2D eigenvalue weighted by Crippen LogP contribution is -2.35. The molecule has 0 spiro atoms. The van der Waals surface area contributed by atoms with Gasteiger partial charge in [0, 0.05) is 26.3 Å². The van der Waals surface area contributed by atoms with E-state index >= 15 is 0 Å². The highest BCUT2D eigenvalue weighted by Crippen LogP contribution is 2.24. The van der Waals surface area contributed by atoms with Gasteiger partial charge in [0.15, 0.2) is 5.76 Å². The van der Waals surface area contributed by atoms with Crippen LogP contribution in [0.1, 0.15) is 42.0 Å². The van der Waals surface area contributed by atoms with E-state index in [1.165, 1.54) is 0 Å². The van der Waals surface area contributed by atoms with Crippen molar-refractivity contribution in [1.82, 2.24) is 4.90 Å². The molecule has 5 heteroatoms. The number of furan rings is 1. The summed E-state index contributed by atoms with van der Waals surface area (Å²) < 4.78 is 10.5. The van der Waals surface area contributed by atoms with Crippen molar-refractivity contribution in [1.29, 1.82) is 0 Å². The number of rotatable bonds is 6. The molecule has 0 radical (unpaired) electrons. The van der Waals surface area contributed by atoms with Gasteiger partial charge < -0.3 is 19.2 Å². The summed E-state index contributed by atoms with van der Waals surface area (Å²) in [6.07, 6.45) is 3.63. The van der Waals surface area contributed by atoms with Gasteiger partial charge in [-0.15, -0.1) is 0 Å². The van der Waals surface area contributed by atoms with Gasteiger partial charge in [-0.2, -0.15) is 0 Å². The van der Waals surface area contributed by atoms with Gasteiger partial charge in [0.2, 0.25) is 0 Å². The van der Waals surface area contributed by atoms with E-state index in [0.29, 0.717) is 18.1 Å². The predicted octanol–water partition coefficient (Wildman–Crippen LogP) is 1.80. The number of aliphatic hydroxyl groups excluding tert-OH is 1. The highest BCUT2D eigenvalue weighted by atomic mass is 16.5. The average Bonchev–Trinajstić information content (AvgIpc) is 3.04. The molecule has 2 rings (SSSR count). The minimum atomic E-state index is -0.0530. The van der Waals surface area contributed by atoms with E-state index in [0.717, 1.165) is 32.2 Å². The molecule has 1 atom stereocenters. The Morgan fingerprint density at radius 2 is 2.42 bits per heavy atom. The zero-order valence-electron chi connectivity index (χ0n) is 11.3. The fraction of sp³-hybridized carbons (Fsp3) is 0.643. The Kier molecular flexibility index (Phi) is 4.99. The molecular formula is C14H21NO4. The first-order chi connectivity index (χ1) is 9.26. The second kappa shape index (κ2) is 6.73. The zero-order chi connectivity index (χ0) is 13.7. The molecule has 1 saturated heterocycles. The lowest BCUT2D eigenvalue weighted by molar-refractivity contribution is 0.0685. The summed E-state index contributed by atoms with van der Waals surface area (Å²) in [6.45, 7) is 1.33. The van der Waals surface area contributed by atoms with Crippen molar-refractivity contribution in [3.63, 3.8) is 0 Å². The van der Waals surface area contributed by atoms with Gasteiger partial charge in [-0.3, -0.25) is 4.79 Å². The topological polar surface area (TPSA) is 62.9 Å². The van der Waals surface area contributed by atoms with E-state index in [9.17, 15) is 4.79 Å². The largest absolute Gasteiger partial charge is 0.453 e. The van der Waals surface area contributed by atoms with Gasteiger partial charge in [-0.05, 0) is 37.8 Å². The fourth-order valence-electron chi connectivity index (χ4n) is 2.58. The third-order valence-electron chi connectivity index (χ3n) is 3.49. The molecule has 1 fully saturated rings. The van der Waals surface area contributed by atoms with E-state index in [4.69, 9.17) is 14.3 Å². The zero-order valence-corrected chi connectivity index (χ0v) is 11.3. The van der Waals surface area contributed by atoms with Crippen molar-refractivity contribution >= 4 is 5.91 Å². The third-order valence-corrected chi connectivity index (χ3v) is 3.49. The van der Waals surface area contributed by atoms with Crippen molar-refractivity contribution in [2.24, 2.45) is 0 Å². The number of methoxy groups -OCH3 is 1. The summed E-state index contributed by atoms with van der Waals surface area (Å²) in [5.74, 6) is 0.989. The van der Waals surface area contributed by atoms with Gasteiger partial charge >= 0.3 is 0 Å². The van der Waals surface area contributed by atoms with E-state index in [1.807, 2.05) is 4.90 Å². The summed E-state index contributed by atoms with van der Waals surface area (Å²) in [5, 5.41) is 8.90. The molecule has 106 valence electrons. The second-order valence-electron chi connectivity index (χ2n) is 4.86. The van der Waals surface area contributed by atoms with Crippen LogP contribution in [-0.2, 0) is 11.3 Å². The molecule has 5 nitrogen and oxygen atoms in total. The SMILES string of the molecule is COCc1ccc(C(=O)N2CCCC2CCCO)o1. The number of amides is 1. The summed E-state index contributed by atoms with van der Waals surface area (Å²) >= 11 is 0. The van der Waals surface area contributed by atoms with Gasteiger partial charge in [-0.25, -0.2) is 0 Å². The molecule has 1 aromatic heterocycles. The molecular weight excluding hydrogens is 246 g/mol. The monoisotopic (exact) mass is 267 g/mol. The molecule has 1 amide bonds. The minimum absolute atomic E-state index is 0.0530. The standard InChI is InChI=1S/C14H21NO4/c1-18-10-12-6-7-13(19-12)14(17)15-8-2-4-11(15)5-3-9-16/h6-7,11,16H,2-5,8-10H2,1H3. The van der Waals surface area contributed by atoms with Gasteiger partial charge in [0.25, 0.3) is 5.91 Å². The fourth-order valence-corrected chi connectivity index (χ4v) is 2.58. The van der Waals surface area contributed by atoms with E-state index in [-0.39, 0.29) is 18.6 Å². The number of hydrogen-bond acceptors (Lipinski definition) is 4. The van der Waals surface area contributed by atoms with Crippen molar-refractivity contribution in [2.75, 3.05) is 20.3 Å². The van der Waals surface area contributed by atoms with Crippen LogP contribution in [-0.4, -0.2) is 42.2 Å². The van der Waals surface area contributed by atoms with Crippen molar-refractivity contribution in [3.8, 4) is 0 Å². The van der Waals surface area contributed by atoms with Gasteiger partial charge in [0.1, 0.15) is 12.4 Å². The summed E-state index contributed by atoms with van der Waals surface area (Å²) in [6, 6.07) is 3.71. The number of aliphatic hydroxyl groups is 1. The molecule has 1 N–H and O–H groups in total. The van der Waals surface area contributed by atoms with Crippen molar-refractivity contribution in [3.05, 3.63) is 23.7 Å². The maximum absolute atomic E-state index is 12.4. The van der Waals surface area contributed by atoms with Gasteiger partial charge in [-0.1, -0.05) is 0 Å². The maximum atomic E-state index is 12.4. The number of likely N-dealkylation sites (tertiary alicyclic amines) is 1. The van der Waals surface area contributed by atoms with Crippen LogP contribution in [0.2, 0.25) is 0 Å². The average molecular weight is 267 g/mol.